The SMILES string of the molecule is O=C1[C@H](Cc2ccc(O)cc2)[C@H](O)CN1Cc1ccccc1. The van der Waals surface area contributed by atoms with Crippen LogP contribution in [-0.4, -0.2) is 33.7 Å². The first-order valence-electron chi connectivity index (χ1n) is 7.42. The van der Waals surface area contributed by atoms with E-state index in [4.69, 9.17) is 0 Å². The molecular formula is C18H19NO3. The van der Waals surface area contributed by atoms with Crippen molar-refractivity contribution in [2.24, 2.45) is 5.92 Å². The van der Waals surface area contributed by atoms with Crippen LogP contribution in [0.1, 0.15) is 11.1 Å². The largest absolute Gasteiger partial charge is 0.508 e. The zero-order valence-electron chi connectivity index (χ0n) is 12.2. The number of nitrogens with zero attached hydrogens (tertiary/aromatic N) is 1. The van der Waals surface area contributed by atoms with Gasteiger partial charge in [-0.05, 0) is 29.7 Å². The third-order valence-corrected chi connectivity index (χ3v) is 4.11. The lowest BCUT2D eigenvalue weighted by atomic mass is 9.96. The molecule has 0 radical (unpaired) electrons. The summed E-state index contributed by atoms with van der Waals surface area (Å²) in [6.07, 6.45) is -0.156. The van der Waals surface area contributed by atoms with Crippen molar-refractivity contribution < 1.29 is 15.0 Å². The van der Waals surface area contributed by atoms with Gasteiger partial charge in [0.2, 0.25) is 5.91 Å². The summed E-state index contributed by atoms with van der Waals surface area (Å²) in [5.74, 6) is -0.217. The Morgan fingerprint density at radius 2 is 1.68 bits per heavy atom. The lowest BCUT2D eigenvalue weighted by molar-refractivity contribution is -0.131. The Bertz CT molecular complexity index is 639. The maximum atomic E-state index is 12.5. The molecular weight excluding hydrogens is 278 g/mol. The van der Waals surface area contributed by atoms with E-state index in [1.165, 1.54) is 0 Å². The van der Waals surface area contributed by atoms with E-state index in [0.717, 1.165) is 11.1 Å². The molecule has 22 heavy (non-hydrogen) atoms. The van der Waals surface area contributed by atoms with E-state index in [0.29, 0.717) is 19.5 Å². The van der Waals surface area contributed by atoms with Crippen LogP contribution in [0, 0.1) is 5.92 Å². The zero-order chi connectivity index (χ0) is 15.5. The van der Waals surface area contributed by atoms with Crippen LogP contribution in [0.5, 0.6) is 5.75 Å². The monoisotopic (exact) mass is 297 g/mol. The Morgan fingerprint density at radius 1 is 1.00 bits per heavy atom. The molecule has 2 aromatic carbocycles. The van der Waals surface area contributed by atoms with Crippen molar-refractivity contribution in [2.45, 2.75) is 19.1 Å². The minimum atomic E-state index is -0.648. The second kappa shape index (κ2) is 6.20. The molecule has 0 saturated carbocycles. The van der Waals surface area contributed by atoms with Crippen LogP contribution in [-0.2, 0) is 17.8 Å². The number of phenols is 1. The molecule has 1 aliphatic heterocycles. The predicted molar refractivity (Wildman–Crippen MR) is 83.2 cm³/mol. The van der Waals surface area contributed by atoms with Crippen LogP contribution < -0.4 is 0 Å². The van der Waals surface area contributed by atoms with Crippen molar-refractivity contribution in [3.63, 3.8) is 0 Å². The average molecular weight is 297 g/mol. The zero-order valence-corrected chi connectivity index (χ0v) is 12.2. The van der Waals surface area contributed by atoms with Crippen LogP contribution >= 0.6 is 0 Å². The van der Waals surface area contributed by atoms with Gasteiger partial charge in [0, 0.05) is 13.1 Å². The van der Waals surface area contributed by atoms with Crippen LogP contribution in [0.4, 0.5) is 0 Å². The van der Waals surface area contributed by atoms with Crippen LogP contribution in [0.2, 0.25) is 0 Å². The number of likely N-dealkylation sites (tertiary alicyclic amines) is 1. The maximum Gasteiger partial charge on any atom is 0.229 e. The van der Waals surface area contributed by atoms with Gasteiger partial charge in [0.25, 0.3) is 0 Å². The van der Waals surface area contributed by atoms with Gasteiger partial charge in [0.15, 0.2) is 0 Å². The number of aromatic hydroxyl groups is 1. The van der Waals surface area contributed by atoms with Crippen molar-refractivity contribution in [1.82, 2.24) is 4.90 Å². The van der Waals surface area contributed by atoms with Crippen molar-refractivity contribution in [3.05, 3.63) is 65.7 Å². The number of hydrogen-bond donors (Lipinski definition) is 2. The molecule has 0 aromatic heterocycles. The van der Waals surface area contributed by atoms with E-state index >= 15 is 0 Å². The van der Waals surface area contributed by atoms with Gasteiger partial charge in [-0.15, -0.1) is 0 Å². The Balaban J connectivity index is 1.68. The Morgan fingerprint density at radius 3 is 2.36 bits per heavy atom. The summed E-state index contributed by atoms with van der Waals surface area (Å²) < 4.78 is 0. The van der Waals surface area contributed by atoms with Gasteiger partial charge in [0.05, 0.1) is 12.0 Å². The fraction of sp³-hybridized carbons (Fsp3) is 0.278. The Kier molecular flexibility index (Phi) is 4.11. The van der Waals surface area contributed by atoms with E-state index in [1.807, 2.05) is 30.3 Å². The number of aliphatic hydroxyl groups excluding tert-OH is 1. The molecule has 4 heteroatoms. The Hall–Kier alpha value is -2.33. The van der Waals surface area contributed by atoms with E-state index in [9.17, 15) is 15.0 Å². The first-order chi connectivity index (χ1) is 10.6. The number of β-amino-alcohol motifs (C(OH)–C–C–N with tert-alkyl or cyclic N) is 1. The number of carbonyl (C=O) groups excluding carboxylic acids is 1. The number of hydrogen-bond acceptors (Lipinski definition) is 3. The Labute approximate surface area is 129 Å². The van der Waals surface area contributed by atoms with Crippen LogP contribution in [0.3, 0.4) is 0 Å². The molecule has 2 aromatic rings. The van der Waals surface area contributed by atoms with E-state index in [2.05, 4.69) is 0 Å². The number of aliphatic hydroxyl groups is 1. The molecule has 1 fully saturated rings. The van der Waals surface area contributed by atoms with E-state index < -0.39 is 12.0 Å². The normalized spacial score (nSPS) is 21.3. The molecule has 0 aliphatic carbocycles. The topological polar surface area (TPSA) is 60.8 Å². The van der Waals surface area contributed by atoms with Gasteiger partial charge >= 0.3 is 0 Å². The van der Waals surface area contributed by atoms with Gasteiger partial charge in [0.1, 0.15) is 5.75 Å². The van der Waals surface area contributed by atoms with Crippen LogP contribution in [0.25, 0.3) is 0 Å². The third-order valence-electron chi connectivity index (χ3n) is 4.11. The van der Waals surface area contributed by atoms with Gasteiger partial charge in [-0.2, -0.15) is 0 Å². The molecule has 3 rings (SSSR count). The molecule has 1 aliphatic rings. The van der Waals surface area contributed by atoms with Crippen molar-refractivity contribution in [1.29, 1.82) is 0 Å². The van der Waals surface area contributed by atoms with Crippen molar-refractivity contribution in [3.8, 4) is 5.75 Å². The number of amides is 1. The standard InChI is InChI=1S/C18H19NO3/c20-15-8-6-13(7-9-15)10-16-17(21)12-19(18(16)22)11-14-4-2-1-3-5-14/h1-9,16-17,20-21H,10-12H2/t16-,17-/m1/s1. The number of rotatable bonds is 4. The number of benzene rings is 2. The molecule has 4 nitrogen and oxygen atoms in total. The molecule has 114 valence electrons. The quantitative estimate of drug-likeness (QED) is 0.907. The highest BCUT2D eigenvalue weighted by Gasteiger charge is 2.38. The summed E-state index contributed by atoms with van der Waals surface area (Å²) in [4.78, 5) is 14.2. The minimum Gasteiger partial charge on any atom is -0.508 e. The third kappa shape index (κ3) is 3.12. The first kappa shape index (κ1) is 14.6. The highest BCUT2D eigenvalue weighted by molar-refractivity contribution is 5.82. The smallest absolute Gasteiger partial charge is 0.229 e. The van der Waals surface area contributed by atoms with Crippen LogP contribution in [0.15, 0.2) is 54.6 Å². The first-order valence-corrected chi connectivity index (χ1v) is 7.42. The summed E-state index contributed by atoms with van der Waals surface area (Å²) in [6, 6.07) is 16.6. The van der Waals surface area contributed by atoms with E-state index in [-0.39, 0.29) is 11.7 Å². The lowest BCUT2D eigenvalue weighted by Crippen LogP contribution is -2.27. The van der Waals surface area contributed by atoms with Gasteiger partial charge in [-0.25, -0.2) is 0 Å². The molecule has 2 atom stereocenters. The molecule has 0 spiro atoms. The lowest BCUT2D eigenvalue weighted by Gasteiger charge is -2.16. The molecule has 1 amide bonds. The molecule has 1 heterocycles. The van der Waals surface area contributed by atoms with Crippen molar-refractivity contribution in [2.75, 3.05) is 6.54 Å². The predicted octanol–water partition coefficient (Wildman–Crippen LogP) is 1.95. The highest BCUT2D eigenvalue weighted by atomic mass is 16.3. The maximum absolute atomic E-state index is 12.5. The van der Waals surface area contributed by atoms with Gasteiger partial charge in [-0.1, -0.05) is 42.5 Å². The number of carbonyl (C=O) groups is 1. The molecule has 1 saturated heterocycles. The second-order valence-corrected chi connectivity index (χ2v) is 5.75. The van der Waals surface area contributed by atoms with Gasteiger partial charge in [-0.3, -0.25) is 4.79 Å². The second-order valence-electron chi connectivity index (χ2n) is 5.75. The summed E-state index contributed by atoms with van der Waals surface area (Å²) in [6.45, 7) is 0.902. The molecule has 0 bridgehead atoms. The average Bonchev–Trinajstić information content (AvgIpc) is 2.78. The fourth-order valence-electron chi connectivity index (χ4n) is 2.90. The van der Waals surface area contributed by atoms with E-state index in [1.54, 1.807) is 29.2 Å². The fourth-order valence-corrected chi connectivity index (χ4v) is 2.90. The summed E-state index contributed by atoms with van der Waals surface area (Å²) in [5, 5.41) is 19.5. The van der Waals surface area contributed by atoms with Gasteiger partial charge < -0.3 is 15.1 Å². The summed E-state index contributed by atoms with van der Waals surface area (Å²) >= 11 is 0. The number of phenolic OH excluding ortho intramolecular Hbond substituents is 1. The molecule has 2 N–H and O–H groups in total. The van der Waals surface area contributed by atoms with Crippen molar-refractivity contribution >= 4 is 5.91 Å². The summed E-state index contributed by atoms with van der Waals surface area (Å²) in [5.41, 5.74) is 2.00. The highest BCUT2D eigenvalue weighted by Crippen LogP contribution is 2.25. The summed E-state index contributed by atoms with van der Waals surface area (Å²) in [7, 11) is 0. The minimum absolute atomic E-state index is 0.00979. The molecule has 0 unspecified atom stereocenters.